The molecule has 0 saturated carbocycles. The van der Waals surface area contributed by atoms with E-state index in [-0.39, 0.29) is 10.6 Å². The topological polar surface area (TPSA) is 106 Å². The number of amides is 2. The van der Waals surface area contributed by atoms with Gasteiger partial charge in [0.1, 0.15) is 23.2 Å². The van der Waals surface area contributed by atoms with Gasteiger partial charge in [-0.15, -0.1) is 0 Å². The molecule has 2 amide bonds. The number of halogens is 2. The number of carbonyl (C=O) groups is 2. The Labute approximate surface area is 159 Å². The van der Waals surface area contributed by atoms with Crippen LogP contribution in [0.25, 0.3) is 0 Å². The lowest BCUT2D eigenvalue weighted by atomic mass is 9.72. The molecule has 0 fully saturated rings. The molecular formula is C18H16F2N4O2S. The van der Waals surface area contributed by atoms with Gasteiger partial charge in [-0.05, 0) is 19.1 Å². The van der Waals surface area contributed by atoms with E-state index in [4.69, 9.17) is 0 Å². The van der Waals surface area contributed by atoms with E-state index in [1.54, 1.807) is 13.8 Å². The monoisotopic (exact) mass is 390 g/mol. The summed E-state index contributed by atoms with van der Waals surface area (Å²) in [4.78, 5) is 24.5. The van der Waals surface area contributed by atoms with Crippen molar-refractivity contribution in [1.82, 2.24) is 5.32 Å². The number of hydrogen-bond donors (Lipinski definition) is 2. The van der Waals surface area contributed by atoms with E-state index in [0.717, 1.165) is 23.9 Å². The fourth-order valence-corrected chi connectivity index (χ4v) is 3.69. The minimum atomic E-state index is -1.05. The van der Waals surface area contributed by atoms with E-state index in [9.17, 15) is 28.9 Å². The average Bonchev–Trinajstić information content (AvgIpc) is 2.57. The molecule has 0 spiro atoms. The molecule has 9 heteroatoms. The number of carbonyl (C=O) groups excluding carboxylic acids is 2. The van der Waals surface area contributed by atoms with Crippen molar-refractivity contribution in [3.63, 3.8) is 0 Å². The number of nitriles is 2. The van der Waals surface area contributed by atoms with Gasteiger partial charge in [0, 0.05) is 5.41 Å². The minimum Gasteiger partial charge on any atom is -0.320 e. The van der Waals surface area contributed by atoms with Gasteiger partial charge in [0.15, 0.2) is 0 Å². The van der Waals surface area contributed by atoms with Crippen molar-refractivity contribution in [2.24, 2.45) is 11.3 Å². The van der Waals surface area contributed by atoms with Crippen LogP contribution in [0.4, 0.5) is 14.5 Å². The first-order valence-electron chi connectivity index (χ1n) is 7.90. The number of anilines is 1. The Morgan fingerprint density at radius 3 is 2.44 bits per heavy atom. The Kier molecular flexibility index (Phi) is 5.87. The number of thioether (sulfide) groups is 1. The quantitative estimate of drug-likeness (QED) is 0.822. The van der Waals surface area contributed by atoms with Crippen molar-refractivity contribution in [2.45, 2.75) is 26.0 Å². The second-order valence-corrected chi connectivity index (χ2v) is 7.79. The smallest absolute Gasteiger partial charge is 0.243 e. The summed E-state index contributed by atoms with van der Waals surface area (Å²) in [6, 6.07) is 7.06. The molecule has 1 aliphatic heterocycles. The van der Waals surface area contributed by atoms with Gasteiger partial charge in [-0.1, -0.05) is 31.7 Å². The van der Waals surface area contributed by atoms with E-state index in [1.807, 2.05) is 12.1 Å². The first-order chi connectivity index (χ1) is 12.6. The summed E-state index contributed by atoms with van der Waals surface area (Å²) in [5.74, 6) is -4.16. The second kappa shape index (κ2) is 7.77. The van der Waals surface area contributed by atoms with Gasteiger partial charge < -0.3 is 10.6 Å². The lowest BCUT2D eigenvalue weighted by Gasteiger charge is -2.35. The molecule has 0 bridgehead atoms. The Bertz CT molecular complexity index is 895. The highest BCUT2D eigenvalue weighted by molar-refractivity contribution is 8.04. The summed E-state index contributed by atoms with van der Waals surface area (Å²) in [6.07, 6.45) is 0. The van der Waals surface area contributed by atoms with E-state index in [1.165, 1.54) is 13.0 Å². The average molecular weight is 390 g/mol. The van der Waals surface area contributed by atoms with Crippen molar-refractivity contribution < 1.29 is 18.4 Å². The summed E-state index contributed by atoms with van der Waals surface area (Å²) in [5.41, 5.74) is -1.44. The van der Waals surface area contributed by atoms with Crippen LogP contribution < -0.4 is 10.6 Å². The molecule has 0 aromatic heterocycles. The maximum Gasteiger partial charge on any atom is 0.243 e. The molecule has 2 rings (SSSR count). The van der Waals surface area contributed by atoms with Gasteiger partial charge >= 0.3 is 0 Å². The van der Waals surface area contributed by atoms with Crippen molar-refractivity contribution in [2.75, 3.05) is 5.32 Å². The molecule has 1 aromatic carbocycles. The highest BCUT2D eigenvalue weighted by Gasteiger charge is 2.45. The largest absolute Gasteiger partial charge is 0.320 e. The summed E-state index contributed by atoms with van der Waals surface area (Å²) in [7, 11) is 0. The van der Waals surface area contributed by atoms with Crippen molar-refractivity contribution in [1.29, 1.82) is 10.5 Å². The summed E-state index contributed by atoms with van der Waals surface area (Å²) in [6.45, 7) is 4.66. The van der Waals surface area contributed by atoms with Crippen LogP contribution in [-0.2, 0) is 9.59 Å². The number of nitrogens with zero attached hydrogens (tertiary/aromatic N) is 2. The maximum absolute atomic E-state index is 13.7. The Morgan fingerprint density at radius 1 is 1.33 bits per heavy atom. The van der Waals surface area contributed by atoms with E-state index in [0.29, 0.717) is 0 Å². The zero-order valence-electron chi connectivity index (χ0n) is 14.8. The summed E-state index contributed by atoms with van der Waals surface area (Å²) in [5, 5.41) is 22.6. The third-order valence-electron chi connectivity index (χ3n) is 4.21. The zero-order valence-corrected chi connectivity index (χ0v) is 15.6. The third kappa shape index (κ3) is 3.93. The van der Waals surface area contributed by atoms with Gasteiger partial charge in [-0.2, -0.15) is 10.5 Å². The zero-order chi connectivity index (χ0) is 20.4. The molecule has 140 valence electrons. The summed E-state index contributed by atoms with van der Waals surface area (Å²) < 4.78 is 27.4. The molecule has 6 nitrogen and oxygen atoms in total. The van der Waals surface area contributed by atoms with Crippen LogP contribution >= 0.6 is 11.8 Å². The van der Waals surface area contributed by atoms with Crippen molar-refractivity contribution in [3.05, 3.63) is 40.4 Å². The highest BCUT2D eigenvalue weighted by atomic mass is 32.2. The molecule has 0 aliphatic carbocycles. The first kappa shape index (κ1) is 20.4. The third-order valence-corrected chi connectivity index (χ3v) is 5.32. The van der Waals surface area contributed by atoms with Gasteiger partial charge in [-0.3, -0.25) is 9.59 Å². The van der Waals surface area contributed by atoms with Crippen LogP contribution in [0.5, 0.6) is 0 Å². The van der Waals surface area contributed by atoms with E-state index in [2.05, 4.69) is 10.6 Å². The predicted octanol–water partition coefficient (Wildman–Crippen LogP) is 3.06. The van der Waals surface area contributed by atoms with E-state index < -0.39 is 45.7 Å². The Hall–Kier alpha value is -2.91. The molecule has 0 radical (unpaired) electrons. The van der Waals surface area contributed by atoms with Gasteiger partial charge in [0.05, 0.1) is 28.0 Å². The molecule has 0 unspecified atom stereocenters. The number of para-hydroxylation sites is 1. The van der Waals surface area contributed by atoms with Crippen LogP contribution in [0.3, 0.4) is 0 Å². The first-order valence-corrected chi connectivity index (χ1v) is 8.78. The van der Waals surface area contributed by atoms with Gasteiger partial charge in [0.2, 0.25) is 11.8 Å². The predicted molar refractivity (Wildman–Crippen MR) is 95.7 cm³/mol. The lowest BCUT2D eigenvalue weighted by molar-refractivity contribution is -0.125. The van der Waals surface area contributed by atoms with Crippen LogP contribution in [0.2, 0.25) is 0 Å². The fourth-order valence-electron chi connectivity index (χ4n) is 2.59. The normalized spacial score (nSPS) is 19.5. The second-order valence-electron chi connectivity index (χ2n) is 6.43. The van der Waals surface area contributed by atoms with Crippen LogP contribution in [0.15, 0.2) is 28.8 Å². The van der Waals surface area contributed by atoms with Crippen LogP contribution in [0, 0.1) is 45.6 Å². The number of hydrogen-bond acceptors (Lipinski definition) is 5. The molecule has 1 heterocycles. The molecular weight excluding hydrogens is 374 g/mol. The fraction of sp³-hybridized carbons (Fsp3) is 0.333. The van der Waals surface area contributed by atoms with Crippen LogP contribution in [-0.4, -0.2) is 17.1 Å². The summed E-state index contributed by atoms with van der Waals surface area (Å²) >= 11 is 0.870. The number of rotatable bonds is 4. The van der Waals surface area contributed by atoms with Gasteiger partial charge in [-0.25, -0.2) is 8.78 Å². The van der Waals surface area contributed by atoms with Gasteiger partial charge in [0.25, 0.3) is 0 Å². The molecule has 1 aromatic rings. The number of benzene rings is 1. The lowest BCUT2D eigenvalue weighted by Crippen LogP contribution is -2.45. The molecule has 0 saturated heterocycles. The Balaban J connectivity index is 2.26. The maximum atomic E-state index is 13.7. The van der Waals surface area contributed by atoms with Crippen molar-refractivity contribution in [3.8, 4) is 12.1 Å². The number of allylic oxidation sites excluding steroid dienone is 1. The van der Waals surface area contributed by atoms with Crippen molar-refractivity contribution >= 4 is 29.3 Å². The SMILES string of the molecule is C[C@H](SC1=C(C#N)C(C)(C)[C@H](C#N)C(=O)N1)C(=O)Nc1c(F)cccc1F. The Morgan fingerprint density at radius 2 is 1.93 bits per heavy atom. The highest BCUT2D eigenvalue weighted by Crippen LogP contribution is 2.42. The molecule has 1 aliphatic rings. The standard InChI is InChI=1S/C18H16F2N4O2S/c1-9(15(25)23-14-12(19)5-4-6-13(14)20)27-17-11(8-22)18(2,3)10(7-21)16(26)24-17/h4-6,9-10H,1-3H3,(H,23,25)(H,24,26)/t9-,10+/m0/s1. The van der Waals surface area contributed by atoms with E-state index >= 15 is 0 Å². The molecule has 2 atom stereocenters. The van der Waals surface area contributed by atoms with Crippen LogP contribution in [0.1, 0.15) is 20.8 Å². The molecule has 2 N–H and O–H groups in total. The molecule has 27 heavy (non-hydrogen) atoms. The number of nitrogens with one attached hydrogen (secondary N) is 2. The minimum absolute atomic E-state index is 0.149.